The summed E-state index contributed by atoms with van der Waals surface area (Å²) in [5, 5.41) is 3.71. The van der Waals surface area contributed by atoms with Crippen LogP contribution in [0.5, 0.6) is 0 Å². The van der Waals surface area contributed by atoms with E-state index in [1.807, 2.05) is 0 Å². The van der Waals surface area contributed by atoms with E-state index in [0.717, 1.165) is 0 Å². The van der Waals surface area contributed by atoms with Crippen molar-refractivity contribution in [2.45, 2.75) is 236 Å². The minimum atomic E-state index is -1.36. The second-order valence-corrected chi connectivity index (χ2v) is 33.1. The van der Waals surface area contributed by atoms with E-state index in [2.05, 4.69) is 295 Å². The Morgan fingerprint density at radius 1 is 0.217 bits per heavy atom. The maximum atomic E-state index is 3.74. The lowest BCUT2D eigenvalue weighted by Crippen LogP contribution is -2.22. The zero-order valence-corrected chi connectivity index (χ0v) is 51.0. The summed E-state index contributed by atoms with van der Waals surface area (Å²) in [4.78, 5) is 0. The summed E-state index contributed by atoms with van der Waals surface area (Å²) in [6, 6.07) is 35.2. The molecule has 366 valence electrons. The molecule has 3 aromatic carbocycles. The summed E-state index contributed by atoms with van der Waals surface area (Å²) in [6.45, 7) is 62.5. The Balaban J connectivity index is 2.43. The van der Waals surface area contributed by atoms with Gasteiger partial charge in [0.15, 0.2) is 0 Å². The van der Waals surface area contributed by atoms with Gasteiger partial charge in [0.05, 0.1) is 0 Å². The van der Waals surface area contributed by atoms with Crippen LogP contribution in [0.3, 0.4) is 0 Å². The molecule has 4 aromatic rings. The Hall–Kier alpha value is -4.08. The summed E-state index contributed by atoms with van der Waals surface area (Å²) in [6.07, 6.45) is 0. The van der Waals surface area contributed by atoms with Gasteiger partial charge in [-0.3, -0.25) is 0 Å². The highest BCUT2D eigenvalue weighted by atomic mass is 31.1. The van der Waals surface area contributed by atoms with Crippen LogP contribution in [0.25, 0.3) is 15.9 Å². The predicted octanol–water partition coefficient (Wildman–Crippen LogP) is 20.3. The van der Waals surface area contributed by atoms with Gasteiger partial charge >= 0.3 is 0 Å². The van der Waals surface area contributed by atoms with E-state index in [1.165, 1.54) is 66.0 Å². The van der Waals surface area contributed by atoms with Crippen molar-refractivity contribution in [2.24, 2.45) is 0 Å². The van der Waals surface area contributed by atoms with Crippen LogP contribution in [0.15, 0.2) is 36.4 Å². The van der Waals surface area contributed by atoms with Crippen LogP contribution in [0.1, 0.15) is 237 Å². The third kappa shape index (κ3) is 14.3. The topological polar surface area (TPSA) is 0 Å². The molecule has 0 aliphatic carbocycles. The monoisotopic (exact) mass is 973 g/mol. The van der Waals surface area contributed by atoms with Crippen LogP contribution < -0.4 is 0 Å². The van der Waals surface area contributed by atoms with Gasteiger partial charge in [-0.25, -0.2) is 0 Å². The maximum absolute atomic E-state index is 3.74. The Bertz CT molecular complexity index is 2190. The first-order valence-electron chi connectivity index (χ1n) is 25.0. The Kier molecular flexibility index (Phi) is 16.5. The Morgan fingerprint density at radius 3 is 0.449 bits per heavy atom. The van der Waals surface area contributed by atoms with Crippen molar-refractivity contribution in [1.82, 2.24) is 0 Å². The number of hydrogen-bond donors (Lipinski definition) is 0. The van der Waals surface area contributed by atoms with Crippen LogP contribution in [-0.2, 0) is 48.7 Å². The summed E-state index contributed by atoms with van der Waals surface area (Å²) >= 11 is 0. The van der Waals surface area contributed by atoms with Crippen LogP contribution in [-0.4, -0.2) is 0 Å². The molecule has 0 N–H and O–H groups in total. The standard InChI is InChI=1S/C66H87P3/c1-58(2,3)46-40-49(61(10,11)12)55(50(41-46)62(13,14)15)67-34-28-30-36-68(56-51(63(16,17)18)42-47(59(4,5)6)43-52(56)64(19,20)21)38-32-33-39-69(37-31-29-35-67)57-53(65(22,23)24)44-48(60(7,8)9)45-54(57)66(25,26)27/h40-45H,1-27H3. The van der Waals surface area contributed by atoms with Gasteiger partial charge in [0.1, 0.15) is 0 Å². The van der Waals surface area contributed by atoms with E-state index in [-0.39, 0.29) is 48.7 Å². The minimum absolute atomic E-state index is 0.0376. The lowest BCUT2D eigenvalue weighted by Gasteiger charge is -2.33. The van der Waals surface area contributed by atoms with Crippen molar-refractivity contribution in [3.63, 3.8) is 0 Å². The largest absolute Gasteiger partial charge is 0.0561 e. The van der Waals surface area contributed by atoms with Crippen molar-refractivity contribution < 1.29 is 0 Å². The van der Waals surface area contributed by atoms with E-state index in [4.69, 9.17) is 0 Å². The Labute approximate surface area is 429 Å². The van der Waals surface area contributed by atoms with Crippen molar-refractivity contribution in [3.8, 4) is 15.9 Å². The molecule has 69 heavy (non-hydrogen) atoms. The van der Waals surface area contributed by atoms with Crippen molar-refractivity contribution in [1.29, 1.82) is 0 Å². The molecule has 0 saturated heterocycles. The SMILES string of the molecule is CC(C)(C)c1cc(C(C)(C)C)c(-p2c#cc#cp(-c3c(C(C)(C)C)cc(C(C)(C)C)cc3C(C)(C)C)c#cc#cp(-c3c(C(C)(C)C)cc(C(C)(C)C)cc3C(C)(C)C)c#cc#c2)c(C(C)(C)C)c1. The normalized spacial score (nSPS) is 13.5. The molecule has 0 amide bonds. The average molecular weight is 973 g/mol. The van der Waals surface area contributed by atoms with Gasteiger partial charge < -0.3 is 0 Å². The van der Waals surface area contributed by atoms with Crippen molar-refractivity contribution in [3.05, 3.63) is 158 Å². The molecule has 4 rings (SSSR count). The molecule has 0 aliphatic rings. The highest BCUT2D eigenvalue weighted by molar-refractivity contribution is 7.55. The van der Waals surface area contributed by atoms with Gasteiger partial charge in [-0.05, 0) is 170 Å². The van der Waals surface area contributed by atoms with Crippen LogP contribution >= 0.6 is 22.6 Å². The summed E-state index contributed by atoms with van der Waals surface area (Å²) in [7, 11) is -4.07. The number of benzene rings is 3. The highest BCUT2D eigenvalue weighted by Gasteiger charge is 2.33. The molecule has 0 bridgehead atoms. The lowest BCUT2D eigenvalue weighted by atomic mass is 9.75. The molecule has 0 atom stereocenters. The third-order valence-corrected chi connectivity index (χ3v) is 17.4. The van der Waals surface area contributed by atoms with Gasteiger partial charge in [-0.2, -0.15) is 0 Å². The zero-order valence-electron chi connectivity index (χ0n) is 48.3. The molecule has 1 heterocycles. The molecule has 0 unspecified atom stereocenters. The molecule has 0 nitrogen and oxygen atoms in total. The number of rotatable bonds is 3. The van der Waals surface area contributed by atoms with Crippen LogP contribution in [0.2, 0.25) is 0 Å². The third-order valence-electron chi connectivity index (χ3n) is 12.6. The van der Waals surface area contributed by atoms with Crippen LogP contribution in [0.4, 0.5) is 0 Å². The molecular formula is C66H87P3. The van der Waals surface area contributed by atoms with Crippen LogP contribution in [0, 0.1) is 71.2 Å². The van der Waals surface area contributed by atoms with Crippen molar-refractivity contribution in [2.75, 3.05) is 0 Å². The van der Waals surface area contributed by atoms with E-state index in [0.29, 0.717) is 0 Å². The van der Waals surface area contributed by atoms with Gasteiger partial charge in [-0.1, -0.05) is 223 Å². The summed E-state index contributed by atoms with van der Waals surface area (Å²) < 4.78 is 0. The maximum Gasteiger partial charge on any atom is 0.0212 e. The second kappa shape index (κ2) is 19.8. The molecule has 0 spiro atoms. The first kappa shape index (κ1) is 57.5. The van der Waals surface area contributed by atoms with Gasteiger partial charge in [0.2, 0.25) is 0 Å². The second-order valence-electron chi connectivity index (χ2n) is 28.4. The van der Waals surface area contributed by atoms with E-state index in [1.54, 1.807) is 0 Å². The quantitative estimate of drug-likeness (QED) is 0.192. The average Bonchev–Trinajstić information content (AvgIpc) is 3.16. The molecule has 0 aliphatic heterocycles. The lowest BCUT2D eigenvalue weighted by molar-refractivity contribution is 0.551. The van der Waals surface area contributed by atoms with Crippen molar-refractivity contribution >= 4 is 22.6 Å². The fourth-order valence-corrected chi connectivity index (χ4v) is 14.0. The molecular weight excluding hydrogens is 886 g/mol. The van der Waals surface area contributed by atoms with E-state index in [9.17, 15) is 0 Å². The van der Waals surface area contributed by atoms with Gasteiger partial charge in [0, 0.05) is 38.5 Å². The molecule has 0 radical (unpaired) electrons. The minimum Gasteiger partial charge on any atom is -0.0561 e. The number of hydrogen-bond acceptors (Lipinski definition) is 0. The fourth-order valence-electron chi connectivity index (χ4n) is 8.28. The first-order chi connectivity index (χ1) is 30.9. The zero-order chi connectivity index (χ0) is 52.9. The summed E-state index contributed by atoms with van der Waals surface area (Å²) in [5.41, 5.74) is 10.6. The molecule has 0 fully saturated rings. The first-order valence-corrected chi connectivity index (χ1v) is 29.0. The van der Waals surface area contributed by atoms with Gasteiger partial charge in [-0.15, -0.1) is 0 Å². The summed E-state index contributed by atoms with van der Waals surface area (Å²) in [5.74, 6) is 22.4. The van der Waals surface area contributed by atoms with E-state index >= 15 is 0 Å². The molecule has 1 aromatic heterocycles. The fraction of sp³-hybridized carbons (Fsp3) is 0.545. The predicted molar refractivity (Wildman–Crippen MR) is 306 cm³/mol. The highest BCUT2D eigenvalue weighted by Crippen LogP contribution is 2.52. The van der Waals surface area contributed by atoms with E-state index < -0.39 is 22.6 Å². The van der Waals surface area contributed by atoms with Gasteiger partial charge in [0.25, 0.3) is 0 Å². The Morgan fingerprint density at radius 2 is 0.348 bits per heavy atom. The smallest absolute Gasteiger partial charge is 0.0212 e. The molecule has 3 heteroatoms. The molecule has 0 saturated carbocycles.